The molecule has 0 bridgehead atoms. The molecule has 2 fully saturated rings. The molecule has 5 nitrogen and oxygen atoms in total. The zero-order chi connectivity index (χ0) is 15.2. The molecule has 1 aliphatic heterocycles. The predicted molar refractivity (Wildman–Crippen MR) is 108 cm³/mol. The van der Waals surface area contributed by atoms with Crippen molar-refractivity contribution in [2.24, 2.45) is 11.7 Å². The van der Waals surface area contributed by atoms with E-state index in [9.17, 15) is 4.79 Å². The van der Waals surface area contributed by atoms with E-state index >= 15 is 0 Å². The molecule has 2 aliphatic rings. The average molecular weight is 406 g/mol. The molecule has 1 saturated carbocycles. The summed E-state index contributed by atoms with van der Waals surface area (Å²) in [6.07, 6.45) is 3.98. The van der Waals surface area contributed by atoms with E-state index in [4.69, 9.17) is 5.73 Å². The fourth-order valence-corrected chi connectivity index (χ4v) is 3.54. The lowest BCUT2D eigenvalue weighted by molar-refractivity contribution is -0.122. The molecular weight excluding hydrogens is 371 g/mol. The van der Waals surface area contributed by atoms with Gasteiger partial charge in [-0.25, -0.2) is 0 Å². The van der Waals surface area contributed by atoms with Gasteiger partial charge in [-0.2, -0.15) is 0 Å². The number of nitrogens with one attached hydrogen (secondary N) is 1. The molecule has 1 amide bonds. The first-order valence-electron chi connectivity index (χ1n) is 8.58. The van der Waals surface area contributed by atoms with E-state index in [0.717, 1.165) is 52.1 Å². The summed E-state index contributed by atoms with van der Waals surface area (Å²) >= 11 is 0. The molecule has 1 aliphatic carbocycles. The van der Waals surface area contributed by atoms with Gasteiger partial charge in [0.05, 0.1) is 0 Å². The molecule has 0 aromatic heterocycles. The third-order valence-corrected chi connectivity index (χ3v) is 5.24. The molecule has 24 heavy (non-hydrogen) atoms. The Hall–Kier alpha value is 0.220. The molecule has 0 aromatic rings. The van der Waals surface area contributed by atoms with Crippen LogP contribution in [0.5, 0.6) is 0 Å². The molecule has 8 heteroatoms. The van der Waals surface area contributed by atoms with E-state index in [1.54, 1.807) is 0 Å². The third-order valence-electron chi connectivity index (χ3n) is 5.24. The van der Waals surface area contributed by atoms with Gasteiger partial charge in [0.1, 0.15) is 0 Å². The zero-order valence-electron chi connectivity index (χ0n) is 14.9. The second-order valence-corrected chi connectivity index (χ2v) is 6.68. The fourth-order valence-electron chi connectivity index (χ4n) is 3.54. The van der Waals surface area contributed by atoms with Crippen LogP contribution in [0.15, 0.2) is 0 Å². The minimum Gasteiger partial charge on any atom is -0.355 e. The molecule has 3 N–H and O–H groups in total. The third kappa shape index (κ3) is 8.07. The minimum absolute atomic E-state index is 0. The van der Waals surface area contributed by atoms with E-state index < -0.39 is 0 Å². The summed E-state index contributed by atoms with van der Waals surface area (Å²) in [5.41, 5.74) is 6.03. The Morgan fingerprint density at radius 2 is 1.79 bits per heavy atom. The van der Waals surface area contributed by atoms with Crippen LogP contribution in [0.3, 0.4) is 0 Å². The molecule has 0 spiro atoms. The van der Waals surface area contributed by atoms with E-state index in [1.165, 1.54) is 6.42 Å². The molecule has 1 heterocycles. The van der Waals surface area contributed by atoms with Crippen molar-refractivity contribution in [3.05, 3.63) is 0 Å². The quantitative estimate of drug-likeness (QED) is 0.708. The van der Waals surface area contributed by atoms with Crippen molar-refractivity contribution in [3.63, 3.8) is 0 Å². The largest absolute Gasteiger partial charge is 0.355 e. The summed E-state index contributed by atoms with van der Waals surface area (Å²) in [5.74, 6) is 0.574. The van der Waals surface area contributed by atoms with Gasteiger partial charge >= 0.3 is 0 Å². The molecule has 1 unspecified atom stereocenters. The number of amides is 1. The smallest absolute Gasteiger partial charge is 0.220 e. The Labute approximate surface area is 165 Å². The minimum atomic E-state index is 0. The maximum absolute atomic E-state index is 12.0. The van der Waals surface area contributed by atoms with Crippen molar-refractivity contribution < 1.29 is 4.79 Å². The number of piperazine rings is 1. The summed E-state index contributed by atoms with van der Waals surface area (Å²) in [5, 5.41) is 3.10. The first kappa shape index (κ1) is 26.4. The van der Waals surface area contributed by atoms with Gasteiger partial charge in [0.2, 0.25) is 5.91 Å². The lowest BCUT2D eigenvalue weighted by Crippen LogP contribution is -2.52. The number of carbonyl (C=O) groups is 1. The van der Waals surface area contributed by atoms with Crippen LogP contribution in [0.1, 0.15) is 39.5 Å². The van der Waals surface area contributed by atoms with E-state index in [0.29, 0.717) is 18.4 Å². The summed E-state index contributed by atoms with van der Waals surface area (Å²) in [6.45, 7) is 10.8. The van der Waals surface area contributed by atoms with E-state index in [1.807, 2.05) is 0 Å². The van der Waals surface area contributed by atoms with Crippen LogP contribution in [-0.4, -0.2) is 67.1 Å². The zero-order valence-corrected chi connectivity index (χ0v) is 17.4. The Kier molecular flexibility index (Phi) is 14.8. The van der Waals surface area contributed by atoms with Crippen LogP contribution >= 0.6 is 37.2 Å². The van der Waals surface area contributed by atoms with Crippen LogP contribution in [0.2, 0.25) is 0 Å². The van der Waals surface area contributed by atoms with Crippen molar-refractivity contribution in [1.29, 1.82) is 0 Å². The second kappa shape index (κ2) is 13.4. The average Bonchev–Trinajstić information content (AvgIpc) is 2.90. The predicted octanol–water partition coefficient (Wildman–Crippen LogP) is 1.91. The van der Waals surface area contributed by atoms with Gasteiger partial charge in [-0.05, 0) is 32.2 Å². The molecular formula is C16H35Cl3N4O. The summed E-state index contributed by atoms with van der Waals surface area (Å²) in [4.78, 5) is 17.0. The Balaban J connectivity index is 0. The number of carbonyl (C=O) groups excluding carboxylic acids is 1. The number of nitrogens with two attached hydrogens (primary N) is 1. The maximum atomic E-state index is 12.0. The molecule has 0 aromatic carbocycles. The van der Waals surface area contributed by atoms with Crippen LogP contribution in [0, 0.1) is 5.92 Å². The highest BCUT2D eigenvalue weighted by Gasteiger charge is 2.26. The van der Waals surface area contributed by atoms with Gasteiger partial charge in [0.25, 0.3) is 0 Å². The lowest BCUT2D eigenvalue weighted by atomic mass is 10.00. The second-order valence-electron chi connectivity index (χ2n) is 6.68. The van der Waals surface area contributed by atoms with Crippen LogP contribution in [0.25, 0.3) is 0 Å². The van der Waals surface area contributed by atoms with Gasteiger partial charge in [-0.15, -0.1) is 37.2 Å². The van der Waals surface area contributed by atoms with Crippen molar-refractivity contribution in [2.75, 3.05) is 39.3 Å². The summed E-state index contributed by atoms with van der Waals surface area (Å²) in [7, 11) is 0. The fraction of sp³-hybridized carbons (Fsp3) is 0.938. The maximum Gasteiger partial charge on any atom is 0.220 e. The molecule has 146 valence electrons. The van der Waals surface area contributed by atoms with Crippen molar-refractivity contribution in [1.82, 2.24) is 15.1 Å². The van der Waals surface area contributed by atoms with Crippen LogP contribution < -0.4 is 11.1 Å². The van der Waals surface area contributed by atoms with Crippen molar-refractivity contribution >= 4 is 43.1 Å². The molecule has 1 saturated heterocycles. The van der Waals surface area contributed by atoms with Crippen LogP contribution in [0.4, 0.5) is 0 Å². The van der Waals surface area contributed by atoms with Crippen molar-refractivity contribution in [2.45, 2.75) is 51.6 Å². The Bertz CT molecular complexity index is 341. The first-order chi connectivity index (χ1) is 10.1. The Morgan fingerprint density at radius 3 is 2.29 bits per heavy atom. The number of rotatable bonds is 6. The number of hydrogen-bond donors (Lipinski definition) is 2. The highest BCUT2D eigenvalue weighted by Crippen LogP contribution is 2.26. The van der Waals surface area contributed by atoms with Gasteiger partial charge in [-0.3, -0.25) is 9.69 Å². The van der Waals surface area contributed by atoms with Gasteiger partial charge in [0, 0.05) is 51.2 Å². The highest BCUT2D eigenvalue weighted by molar-refractivity contribution is 5.86. The summed E-state index contributed by atoms with van der Waals surface area (Å²) in [6, 6.07) is 0.653. The number of likely N-dealkylation sites (N-methyl/N-ethyl adjacent to an activating group) is 1. The number of nitrogens with zero attached hydrogens (tertiary/aromatic N) is 2. The normalized spacial score (nSPS) is 25.8. The first-order valence-corrected chi connectivity index (χ1v) is 8.58. The number of hydrogen-bond acceptors (Lipinski definition) is 4. The van der Waals surface area contributed by atoms with E-state index in [2.05, 4.69) is 29.0 Å². The summed E-state index contributed by atoms with van der Waals surface area (Å²) < 4.78 is 0. The SMILES string of the molecule is CCN1CCN(C(C)CNC(=O)C[C@@H]2CCC[C@H]2N)CC1.Cl.Cl.Cl. The Morgan fingerprint density at radius 1 is 1.17 bits per heavy atom. The van der Waals surface area contributed by atoms with Crippen LogP contribution in [-0.2, 0) is 4.79 Å². The lowest BCUT2D eigenvalue weighted by Gasteiger charge is -2.37. The number of halogens is 3. The topological polar surface area (TPSA) is 61.6 Å². The molecule has 0 radical (unpaired) electrons. The van der Waals surface area contributed by atoms with Gasteiger partial charge < -0.3 is 16.0 Å². The van der Waals surface area contributed by atoms with E-state index in [-0.39, 0.29) is 49.2 Å². The monoisotopic (exact) mass is 404 g/mol. The van der Waals surface area contributed by atoms with Gasteiger partial charge in [0.15, 0.2) is 0 Å². The van der Waals surface area contributed by atoms with Crippen molar-refractivity contribution in [3.8, 4) is 0 Å². The van der Waals surface area contributed by atoms with Gasteiger partial charge in [-0.1, -0.05) is 13.3 Å². The highest BCUT2D eigenvalue weighted by atomic mass is 35.5. The molecule has 2 rings (SSSR count). The molecule has 3 atom stereocenters. The standard InChI is InChI=1S/C16H32N4O.3ClH/c1-3-19-7-9-20(10-8-19)13(2)12-18-16(21)11-14-5-4-6-15(14)17;;;/h13-15H,3-12,17H2,1-2H3,(H,18,21);3*1H/t13?,14-,15+;;;/m0.../s1.